The highest BCUT2D eigenvalue weighted by Crippen LogP contribution is 2.14. The van der Waals surface area contributed by atoms with Gasteiger partial charge in [0.05, 0.1) is 6.10 Å². The Morgan fingerprint density at radius 3 is 2.75 bits per heavy atom. The monoisotopic (exact) mass is 222 g/mol. The van der Waals surface area contributed by atoms with Gasteiger partial charge in [-0.1, -0.05) is 13.8 Å². The Balaban J connectivity index is 2.73. The largest absolute Gasteiger partial charge is 0.475 e. The quantitative estimate of drug-likeness (QED) is 0.803. The van der Waals surface area contributed by atoms with Crippen molar-refractivity contribution in [2.75, 3.05) is 6.54 Å². The van der Waals surface area contributed by atoms with Gasteiger partial charge in [-0.15, -0.1) is 0 Å². The normalized spacial score (nSPS) is 12.5. The van der Waals surface area contributed by atoms with E-state index in [1.54, 1.807) is 0 Å². The highest BCUT2D eigenvalue weighted by Gasteiger charge is 2.04. The molecule has 0 bridgehead atoms. The molecule has 0 fully saturated rings. The molecule has 0 aliphatic rings. The molecule has 1 heterocycles. The molecule has 0 saturated heterocycles. The Morgan fingerprint density at radius 2 is 2.12 bits per heavy atom. The summed E-state index contributed by atoms with van der Waals surface area (Å²) in [7, 11) is 0. The number of nitrogens with one attached hydrogen (secondary N) is 1. The van der Waals surface area contributed by atoms with Gasteiger partial charge in [-0.05, 0) is 38.4 Å². The fourth-order valence-electron chi connectivity index (χ4n) is 1.43. The molecule has 3 nitrogen and oxygen atoms in total. The number of rotatable bonds is 6. The van der Waals surface area contributed by atoms with Crippen molar-refractivity contribution < 1.29 is 4.74 Å². The first-order valence-electron chi connectivity index (χ1n) is 6.00. The number of hydrogen-bond donors (Lipinski definition) is 1. The van der Waals surface area contributed by atoms with Gasteiger partial charge in [0.15, 0.2) is 0 Å². The van der Waals surface area contributed by atoms with Crippen molar-refractivity contribution >= 4 is 0 Å². The second kappa shape index (κ2) is 6.48. The summed E-state index contributed by atoms with van der Waals surface area (Å²) < 4.78 is 5.73. The Kier molecular flexibility index (Phi) is 5.26. The summed E-state index contributed by atoms with van der Waals surface area (Å²) >= 11 is 0. The Hall–Kier alpha value is -1.09. The van der Waals surface area contributed by atoms with Gasteiger partial charge in [-0.3, -0.25) is 0 Å². The fraction of sp³-hybridized carbons (Fsp3) is 0.615. The standard InChI is InChI=1S/C13H22N2O/c1-5-11(4)16-13-8-12(9-14-6-2)7-10(3)15-13/h7-8,11,14H,5-6,9H2,1-4H3. The van der Waals surface area contributed by atoms with Gasteiger partial charge in [-0.2, -0.15) is 0 Å². The number of aryl methyl sites for hydroxylation is 1. The van der Waals surface area contributed by atoms with Gasteiger partial charge in [0.25, 0.3) is 0 Å². The maximum Gasteiger partial charge on any atom is 0.214 e. The van der Waals surface area contributed by atoms with E-state index < -0.39 is 0 Å². The molecule has 3 heteroatoms. The molecular formula is C13H22N2O. The van der Waals surface area contributed by atoms with Gasteiger partial charge in [0.2, 0.25) is 5.88 Å². The van der Waals surface area contributed by atoms with Crippen LogP contribution in [-0.4, -0.2) is 17.6 Å². The van der Waals surface area contributed by atoms with Crippen molar-refractivity contribution in [2.24, 2.45) is 0 Å². The van der Waals surface area contributed by atoms with Crippen LogP contribution in [0.5, 0.6) is 5.88 Å². The van der Waals surface area contributed by atoms with Crippen molar-refractivity contribution in [2.45, 2.75) is 46.8 Å². The van der Waals surface area contributed by atoms with Crippen molar-refractivity contribution in [3.05, 3.63) is 23.4 Å². The molecular weight excluding hydrogens is 200 g/mol. The minimum absolute atomic E-state index is 0.223. The maximum atomic E-state index is 5.73. The molecule has 0 aromatic carbocycles. The number of pyridine rings is 1. The van der Waals surface area contributed by atoms with E-state index in [9.17, 15) is 0 Å². The second-order valence-electron chi connectivity index (χ2n) is 4.07. The van der Waals surface area contributed by atoms with Crippen molar-refractivity contribution in [3.63, 3.8) is 0 Å². The molecule has 1 unspecified atom stereocenters. The lowest BCUT2D eigenvalue weighted by molar-refractivity contribution is 0.208. The highest BCUT2D eigenvalue weighted by molar-refractivity contribution is 5.24. The van der Waals surface area contributed by atoms with Crippen LogP contribution in [0.15, 0.2) is 12.1 Å². The van der Waals surface area contributed by atoms with Crippen LogP contribution in [0, 0.1) is 6.92 Å². The van der Waals surface area contributed by atoms with Gasteiger partial charge >= 0.3 is 0 Å². The van der Waals surface area contributed by atoms with E-state index in [-0.39, 0.29) is 6.10 Å². The molecule has 0 saturated carbocycles. The van der Waals surface area contributed by atoms with Crippen LogP contribution in [0.3, 0.4) is 0 Å². The summed E-state index contributed by atoms with van der Waals surface area (Å²) in [5.74, 6) is 0.738. The average Bonchev–Trinajstić information content (AvgIpc) is 2.25. The minimum Gasteiger partial charge on any atom is -0.475 e. The predicted molar refractivity (Wildman–Crippen MR) is 66.7 cm³/mol. The zero-order chi connectivity index (χ0) is 12.0. The molecule has 1 aromatic heterocycles. The Morgan fingerprint density at radius 1 is 1.38 bits per heavy atom. The molecule has 1 aromatic rings. The smallest absolute Gasteiger partial charge is 0.214 e. The molecule has 0 radical (unpaired) electrons. The number of aromatic nitrogens is 1. The first-order valence-corrected chi connectivity index (χ1v) is 6.00. The van der Waals surface area contributed by atoms with Crippen LogP contribution < -0.4 is 10.1 Å². The van der Waals surface area contributed by atoms with Crippen molar-refractivity contribution in [1.82, 2.24) is 10.3 Å². The number of nitrogens with zero attached hydrogens (tertiary/aromatic N) is 1. The van der Waals surface area contributed by atoms with Crippen LogP contribution >= 0.6 is 0 Å². The topological polar surface area (TPSA) is 34.2 Å². The fourth-order valence-corrected chi connectivity index (χ4v) is 1.43. The van der Waals surface area contributed by atoms with Crippen LogP contribution in [0.4, 0.5) is 0 Å². The second-order valence-corrected chi connectivity index (χ2v) is 4.07. The minimum atomic E-state index is 0.223. The summed E-state index contributed by atoms with van der Waals surface area (Å²) in [6.07, 6.45) is 1.22. The third-order valence-corrected chi connectivity index (χ3v) is 2.47. The molecule has 1 N–H and O–H groups in total. The third-order valence-electron chi connectivity index (χ3n) is 2.47. The third kappa shape index (κ3) is 4.19. The summed E-state index contributed by atoms with van der Waals surface area (Å²) in [6, 6.07) is 4.11. The van der Waals surface area contributed by atoms with Crippen LogP contribution in [0.1, 0.15) is 38.4 Å². The lowest BCUT2D eigenvalue weighted by Crippen LogP contribution is -2.14. The first-order chi connectivity index (χ1) is 7.65. The zero-order valence-electron chi connectivity index (χ0n) is 10.7. The molecule has 0 aliphatic heterocycles. The van der Waals surface area contributed by atoms with E-state index in [1.807, 2.05) is 13.0 Å². The van der Waals surface area contributed by atoms with E-state index >= 15 is 0 Å². The summed E-state index contributed by atoms with van der Waals surface area (Å²) in [5, 5.41) is 3.30. The Bertz CT molecular complexity index is 326. The van der Waals surface area contributed by atoms with Gasteiger partial charge < -0.3 is 10.1 Å². The molecule has 90 valence electrons. The highest BCUT2D eigenvalue weighted by atomic mass is 16.5. The van der Waals surface area contributed by atoms with Crippen molar-refractivity contribution in [1.29, 1.82) is 0 Å². The lowest BCUT2D eigenvalue weighted by atomic mass is 10.2. The van der Waals surface area contributed by atoms with Gasteiger partial charge in [0.1, 0.15) is 0 Å². The van der Waals surface area contributed by atoms with E-state index in [0.29, 0.717) is 0 Å². The van der Waals surface area contributed by atoms with E-state index in [4.69, 9.17) is 4.74 Å². The van der Waals surface area contributed by atoms with Crippen LogP contribution in [0.25, 0.3) is 0 Å². The van der Waals surface area contributed by atoms with Crippen LogP contribution in [0.2, 0.25) is 0 Å². The lowest BCUT2D eigenvalue weighted by Gasteiger charge is -2.13. The zero-order valence-corrected chi connectivity index (χ0v) is 10.7. The maximum absolute atomic E-state index is 5.73. The SMILES string of the molecule is CCNCc1cc(C)nc(OC(C)CC)c1. The molecule has 1 atom stereocenters. The van der Waals surface area contributed by atoms with Crippen molar-refractivity contribution in [3.8, 4) is 5.88 Å². The van der Waals surface area contributed by atoms with Gasteiger partial charge in [0, 0.05) is 18.3 Å². The summed E-state index contributed by atoms with van der Waals surface area (Å²) in [5.41, 5.74) is 2.24. The van der Waals surface area contributed by atoms with E-state index in [0.717, 1.165) is 31.1 Å². The van der Waals surface area contributed by atoms with E-state index in [2.05, 4.69) is 37.1 Å². The van der Waals surface area contributed by atoms with Gasteiger partial charge in [-0.25, -0.2) is 4.98 Å². The Labute approximate surface area is 98.2 Å². The van der Waals surface area contributed by atoms with Crippen LogP contribution in [-0.2, 0) is 6.54 Å². The average molecular weight is 222 g/mol. The molecule has 16 heavy (non-hydrogen) atoms. The summed E-state index contributed by atoms with van der Waals surface area (Å²) in [4.78, 5) is 4.38. The molecule has 0 amide bonds. The molecule has 1 rings (SSSR count). The number of ether oxygens (including phenoxy) is 1. The summed E-state index contributed by atoms with van der Waals surface area (Å²) in [6.45, 7) is 10.1. The predicted octanol–water partition coefficient (Wildman–Crippen LogP) is 2.68. The molecule has 0 spiro atoms. The first kappa shape index (κ1) is 13.0. The number of hydrogen-bond acceptors (Lipinski definition) is 3. The van der Waals surface area contributed by atoms with E-state index in [1.165, 1.54) is 5.56 Å². The molecule has 0 aliphatic carbocycles.